The maximum absolute atomic E-state index is 14.7. The number of nitrogens with one attached hydrogen (secondary N) is 2. The topological polar surface area (TPSA) is 143 Å². The van der Waals surface area contributed by atoms with Crippen molar-refractivity contribution >= 4 is 17.5 Å². The largest absolute Gasteiger partial charge is 0.463 e. The molecule has 47 heavy (non-hydrogen) atoms. The number of ether oxygens (including phenoxy) is 2. The Labute approximate surface area is 282 Å². The van der Waals surface area contributed by atoms with Gasteiger partial charge in [0.1, 0.15) is 0 Å². The Morgan fingerprint density at radius 3 is 2.62 bits per heavy atom. The fraction of sp³-hybridized carbons (Fsp3) is 0.816. The molecule has 5 unspecified atom stereocenters. The summed E-state index contributed by atoms with van der Waals surface area (Å²) >= 11 is 0. The zero-order valence-corrected chi connectivity index (χ0v) is 29.5. The molecular weight excluding hydrogens is 594 g/mol. The third-order valence-electron chi connectivity index (χ3n) is 12.2. The van der Waals surface area contributed by atoms with Crippen LogP contribution in [0.15, 0.2) is 23.3 Å². The van der Waals surface area contributed by atoms with Crippen molar-refractivity contribution in [2.24, 2.45) is 47.2 Å². The number of carbonyl (C=O) groups excluding carboxylic acids is 3. The molecule has 5 N–H and O–H groups in total. The van der Waals surface area contributed by atoms with Crippen LogP contribution in [-0.4, -0.2) is 72.4 Å². The number of likely N-dealkylation sites (N-methyl/N-ethyl adjacent to an activating group) is 1. The molecule has 264 valence electrons. The summed E-state index contributed by atoms with van der Waals surface area (Å²) in [6.45, 7) is 12.1. The Bertz CT molecular complexity index is 1220. The number of ketones is 2. The summed E-state index contributed by atoms with van der Waals surface area (Å²) < 4.78 is 12.4. The maximum Gasteiger partial charge on any atom is 0.350 e. The number of Topliss-reactive ketones (excluding diaryl/α,β-unsaturated/α-hetero) is 2. The highest BCUT2D eigenvalue weighted by Crippen LogP contribution is 2.63. The fourth-order valence-corrected chi connectivity index (χ4v) is 9.46. The first-order valence-corrected chi connectivity index (χ1v) is 18.7. The number of piperidine rings is 1. The number of allylic oxidation sites excluding steroid dienone is 2. The molecule has 3 aliphatic carbocycles. The Balaban J connectivity index is 1.42. The molecule has 2 aliphatic heterocycles. The lowest BCUT2D eigenvalue weighted by Crippen LogP contribution is -2.60. The molecule has 0 aromatic carbocycles. The average Bonchev–Trinajstić information content (AvgIpc) is 3.76. The summed E-state index contributed by atoms with van der Waals surface area (Å²) in [7, 11) is 0. The van der Waals surface area contributed by atoms with Gasteiger partial charge in [0.05, 0.1) is 19.4 Å². The summed E-state index contributed by atoms with van der Waals surface area (Å²) in [6, 6.07) is 0.0703. The second kappa shape index (κ2) is 15.3. The zero-order chi connectivity index (χ0) is 33.9. The smallest absolute Gasteiger partial charge is 0.350 e. The lowest BCUT2D eigenvalue weighted by molar-refractivity contribution is -0.161. The molecule has 5 aliphatic rings. The molecule has 9 nitrogen and oxygen atoms in total. The summed E-state index contributed by atoms with van der Waals surface area (Å²) in [6.07, 6.45) is 13.2. The number of aliphatic hydroxyl groups is 1. The third-order valence-corrected chi connectivity index (χ3v) is 12.2. The van der Waals surface area contributed by atoms with Crippen LogP contribution in [-0.2, 0) is 23.9 Å². The summed E-state index contributed by atoms with van der Waals surface area (Å²) in [5.41, 5.74) is 4.25. The van der Waals surface area contributed by atoms with Gasteiger partial charge >= 0.3 is 5.97 Å². The van der Waals surface area contributed by atoms with Crippen molar-refractivity contribution < 1.29 is 29.0 Å². The summed E-state index contributed by atoms with van der Waals surface area (Å²) in [4.78, 5) is 43.7. The fourth-order valence-electron chi connectivity index (χ4n) is 9.46. The Hall–Kier alpha value is -1.91. The molecule has 0 aromatic rings. The van der Waals surface area contributed by atoms with Gasteiger partial charge in [0.15, 0.2) is 17.2 Å². The molecule has 4 fully saturated rings. The molecular formula is C38H61N3O6. The van der Waals surface area contributed by atoms with Gasteiger partial charge in [-0.3, -0.25) is 9.59 Å². The van der Waals surface area contributed by atoms with Crippen LogP contribution in [0.2, 0.25) is 0 Å². The van der Waals surface area contributed by atoms with Crippen molar-refractivity contribution in [3.05, 3.63) is 23.3 Å². The van der Waals surface area contributed by atoms with Crippen LogP contribution in [0.4, 0.5) is 0 Å². The Kier molecular flexibility index (Phi) is 11.9. The van der Waals surface area contributed by atoms with Crippen molar-refractivity contribution in [1.82, 2.24) is 10.6 Å². The lowest BCUT2D eigenvalue weighted by atomic mass is 9.56. The minimum atomic E-state index is -1.94. The normalized spacial score (nSPS) is 38.9. The van der Waals surface area contributed by atoms with Crippen molar-refractivity contribution in [3.63, 3.8) is 0 Å². The molecule has 0 aromatic heterocycles. The molecule has 5 rings (SSSR count). The number of rotatable bonds is 14. The van der Waals surface area contributed by atoms with E-state index >= 15 is 0 Å². The van der Waals surface area contributed by atoms with E-state index in [1.807, 2.05) is 6.92 Å². The standard InChI is InChI=1S/C38H61N3O6/c1-6-25-13-14-31(40-7-2)28(18-25)22-46-36(45)38-35(44)33-27(17-23(3)4)9-8-10-30(33)34(43)37(38,47-38)20-29(21-42)24(5)11-12-26-15-16-41-32(39)19-26/h13-14,23,25-28,30-33,40-42H,6-12,15-22,39H2,1-5H3/t25-,26?,27?,28-,30?,31+,32?,33?,37-,38-/m0/s1. The van der Waals surface area contributed by atoms with Crippen molar-refractivity contribution in [3.8, 4) is 0 Å². The number of nitrogens with two attached hydrogens (primary N) is 1. The number of aliphatic hydroxyl groups excluding tert-OH is 1. The average molecular weight is 656 g/mol. The molecule has 2 saturated heterocycles. The van der Waals surface area contributed by atoms with Crippen LogP contribution in [0.25, 0.3) is 0 Å². The predicted octanol–water partition coefficient (Wildman–Crippen LogP) is 4.61. The van der Waals surface area contributed by atoms with Crippen molar-refractivity contribution in [1.29, 1.82) is 0 Å². The van der Waals surface area contributed by atoms with E-state index in [0.717, 1.165) is 76.5 Å². The number of carbonyl (C=O) groups is 3. The second-order valence-electron chi connectivity index (χ2n) is 15.7. The quantitative estimate of drug-likeness (QED) is 0.0913. The van der Waals surface area contributed by atoms with Crippen molar-refractivity contribution in [2.75, 3.05) is 26.3 Å². The van der Waals surface area contributed by atoms with Gasteiger partial charge in [-0.1, -0.05) is 51.8 Å². The van der Waals surface area contributed by atoms with Crippen molar-refractivity contribution in [2.45, 2.75) is 129 Å². The van der Waals surface area contributed by atoms with Gasteiger partial charge in [-0.15, -0.1) is 0 Å². The highest BCUT2D eigenvalue weighted by atomic mass is 16.7. The summed E-state index contributed by atoms with van der Waals surface area (Å²) in [5, 5.41) is 17.4. The van der Waals surface area contributed by atoms with E-state index in [9.17, 15) is 19.5 Å². The van der Waals surface area contributed by atoms with E-state index in [-0.39, 0.29) is 55.2 Å². The highest BCUT2D eigenvalue weighted by molar-refractivity contribution is 6.23. The molecule has 0 amide bonds. The van der Waals surface area contributed by atoms with E-state index in [1.54, 1.807) is 0 Å². The first kappa shape index (κ1) is 36.4. The summed E-state index contributed by atoms with van der Waals surface area (Å²) in [5.74, 6) is -0.791. The molecule has 2 saturated carbocycles. The van der Waals surface area contributed by atoms with Crippen LogP contribution < -0.4 is 16.4 Å². The van der Waals surface area contributed by atoms with E-state index in [2.05, 4.69) is 50.5 Å². The van der Waals surface area contributed by atoms with Gasteiger partial charge in [0, 0.05) is 30.2 Å². The number of epoxide rings is 1. The van der Waals surface area contributed by atoms with Gasteiger partial charge in [0.2, 0.25) is 0 Å². The molecule has 9 heteroatoms. The monoisotopic (exact) mass is 655 g/mol. The highest BCUT2D eigenvalue weighted by Gasteiger charge is 2.87. The van der Waals surface area contributed by atoms with E-state index in [4.69, 9.17) is 15.2 Å². The van der Waals surface area contributed by atoms with Gasteiger partial charge in [0.25, 0.3) is 5.60 Å². The predicted molar refractivity (Wildman–Crippen MR) is 182 cm³/mol. The zero-order valence-electron chi connectivity index (χ0n) is 29.5. The molecule has 0 bridgehead atoms. The number of esters is 1. The first-order chi connectivity index (χ1) is 22.5. The minimum absolute atomic E-state index is 0.0000800. The van der Waals surface area contributed by atoms with Crippen LogP contribution in [0.5, 0.6) is 0 Å². The number of fused-ring (bicyclic) bond motifs is 2. The van der Waals surface area contributed by atoms with Crippen LogP contribution in [0.3, 0.4) is 0 Å². The Morgan fingerprint density at radius 1 is 1.15 bits per heavy atom. The van der Waals surface area contributed by atoms with Gasteiger partial charge < -0.3 is 30.9 Å². The lowest BCUT2D eigenvalue weighted by Gasteiger charge is -2.42. The van der Waals surface area contributed by atoms with E-state index < -0.39 is 29.0 Å². The molecule has 10 atom stereocenters. The molecule has 2 heterocycles. The van der Waals surface area contributed by atoms with Crippen LogP contribution in [0.1, 0.15) is 105 Å². The maximum atomic E-state index is 14.7. The molecule has 0 spiro atoms. The SMILES string of the molecule is CCN[C@@H]1C=C[C@H](CC)C[C@H]1COC(=O)[C@]12O[C@@]1(CC(CO)=C(C)CCC1CCNC(N)C1)C(=O)C1CCCC(CC(C)C)C1C2=O. The van der Waals surface area contributed by atoms with Gasteiger partial charge in [-0.25, -0.2) is 4.79 Å². The van der Waals surface area contributed by atoms with Gasteiger partial charge in [-0.05, 0) is 107 Å². The second-order valence-corrected chi connectivity index (χ2v) is 15.7. The van der Waals surface area contributed by atoms with Crippen LogP contribution >= 0.6 is 0 Å². The Morgan fingerprint density at radius 2 is 1.94 bits per heavy atom. The van der Waals surface area contributed by atoms with Crippen LogP contribution in [0, 0.1) is 41.4 Å². The minimum Gasteiger partial charge on any atom is -0.463 e. The first-order valence-electron chi connectivity index (χ1n) is 18.7. The van der Waals surface area contributed by atoms with E-state index in [0.29, 0.717) is 29.7 Å². The van der Waals surface area contributed by atoms with E-state index in [1.165, 1.54) is 0 Å². The third kappa shape index (κ3) is 7.21. The number of hydrogen-bond acceptors (Lipinski definition) is 9. The molecule has 0 radical (unpaired) electrons. The number of hydrogen-bond donors (Lipinski definition) is 4. The van der Waals surface area contributed by atoms with Gasteiger partial charge in [-0.2, -0.15) is 0 Å².